The molecule has 0 fully saturated rings. The van der Waals surface area contributed by atoms with E-state index in [1.807, 2.05) is 44.2 Å². The molecule has 4 aromatic rings. The average Bonchev–Trinajstić information content (AvgIpc) is 3.13. The maximum atomic E-state index is 13.5. The molecule has 0 bridgehead atoms. The van der Waals surface area contributed by atoms with Gasteiger partial charge in [0.25, 0.3) is 0 Å². The summed E-state index contributed by atoms with van der Waals surface area (Å²) in [7, 11) is 0. The van der Waals surface area contributed by atoms with E-state index in [1.54, 1.807) is 29.2 Å². The number of thioether (sulfide) groups is 1. The Morgan fingerprint density at radius 3 is 2.67 bits per heavy atom. The maximum absolute atomic E-state index is 13.5. The van der Waals surface area contributed by atoms with E-state index >= 15 is 0 Å². The summed E-state index contributed by atoms with van der Waals surface area (Å²) < 4.78 is 8.15. The fourth-order valence-electron chi connectivity index (χ4n) is 3.94. The number of benzene rings is 2. The summed E-state index contributed by atoms with van der Waals surface area (Å²) in [5.41, 5.74) is 3.28. The molecule has 0 spiro atoms. The molecule has 8 heteroatoms. The third kappa shape index (κ3) is 4.73. The SMILES string of the molecule is CC1(C)Cc2c(sc3c(nc(SCc4ccc(Cl)c(Cl)c4)n3Cc3ccccc3)c2=O)CO1. The molecular weight excluding hydrogens is 495 g/mol. The van der Waals surface area contributed by atoms with Gasteiger partial charge in [-0.2, -0.15) is 0 Å². The summed E-state index contributed by atoms with van der Waals surface area (Å²) in [6, 6.07) is 15.9. The van der Waals surface area contributed by atoms with Crippen LogP contribution in [0.1, 0.15) is 35.4 Å². The predicted octanol–water partition coefficient (Wildman–Crippen LogP) is 6.96. The summed E-state index contributed by atoms with van der Waals surface area (Å²) in [5.74, 6) is 0.670. The van der Waals surface area contributed by atoms with E-state index in [2.05, 4.69) is 16.7 Å². The van der Waals surface area contributed by atoms with Crippen LogP contribution in [0.4, 0.5) is 0 Å². The minimum atomic E-state index is -0.343. The van der Waals surface area contributed by atoms with Crippen molar-refractivity contribution in [3.8, 4) is 0 Å². The highest BCUT2D eigenvalue weighted by molar-refractivity contribution is 7.98. The molecule has 0 saturated heterocycles. The summed E-state index contributed by atoms with van der Waals surface area (Å²) >= 11 is 15.5. The smallest absolute Gasteiger partial charge is 0.211 e. The molecule has 5 rings (SSSR count). The van der Waals surface area contributed by atoms with Crippen molar-refractivity contribution in [1.29, 1.82) is 0 Å². The van der Waals surface area contributed by atoms with Gasteiger partial charge >= 0.3 is 0 Å². The first-order valence-electron chi connectivity index (χ1n) is 10.6. The monoisotopic (exact) mass is 516 g/mol. The van der Waals surface area contributed by atoms with E-state index in [0.29, 0.717) is 40.9 Å². The van der Waals surface area contributed by atoms with Gasteiger partial charge in [-0.15, -0.1) is 11.3 Å². The predicted molar refractivity (Wildman–Crippen MR) is 138 cm³/mol. The van der Waals surface area contributed by atoms with Gasteiger partial charge in [0.15, 0.2) is 5.16 Å². The second-order valence-electron chi connectivity index (χ2n) is 8.72. The number of imidazole rings is 1. The van der Waals surface area contributed by atoms with Crippen LogP contribution < -0.4 is 5.43 Å². The highest BCUT2D eigenvalue weighted by Crippen LogP contribution is 2.35. The van der Waals surface area contributed by atoms with Crippen molar-refractivity contribution in [1.82, 2.24) is 9.55 Å². The van der Waals surface area contributed by atoms with Crippen molar-refractivity contribution in [3.05, 3.63) is 90.4 Å². The topological polar surface area (TPSA) is 44.1 Å². The Kier molecular flexibility index (Phi) is 6.31. The fraction of sp³-hybridized carbons (Fsp3) is 0.280. The molecule has 4 nitrogen and oxygen atoms in total. The van der Waals surface area contributed by atoms with Crippen LogP contribution in [0.25, 0.3) is 10.3 Å². The molecule has 2 aromatic carbocycles. The van der Waals surface area contributed by atoms with Gasteiger partial charge in [0, 0.05) is 22.6 Å². The first kappa shape index (κ1) is 22.9. The van der Waals surface area contributed by atoms with E-state index in [9.17, 15) is 4.79 Å². The quantitative estimate of drug-likeness (QED) is 0.269. The number of aromatic nitrogens is 2. The minimum absolute atomic E-state index is 0.0262. The van der Waals surface area contributed by atoms with Crippen molar-refractivity contribution in [2.24, 2.45) is 0 Å². The molecule has 3 heterocycles. The number of hydrogen-bond acceptors (Lipinski definition) is 5. The van der Waals surface area contributed by atoms with E-state index in [0.717, 1.165) is 31.6 Å². The number of halogens is 2. The highest BCUT2D eigenvalue weighted by atomic mass is 35.5. The van der Waals surface area contributed by atoms with Gasteiger partial charge in [-0.05, 0) is 37.1 Å². The zero-order chi connectivity index (χ0) is 23.2. The van der Waals surface area contributed by atoms with Gasteiger partial charge in [-0.25, -0.2) is 4.98 Å². The fourth-order valence-corrected chi connectivity index (χ4v) is 6.40. The minimum Gasteiger partial charge on any atom is -0.370 e. The highest BCUT2D eigenvalue weighted by Gasteiger charge is 2.30. The normalized spacial score (nSPS) is 15.0. The third-order valence-corrected chi connectivity index (χ3v) is 8.67. The van der Waals surface area contributed by atoms with Crippen molar-refractivity contribution in [2.75, 3.05) is 0 Å². The van der Waals surface area contributed by atoms with Crippen LogP contribution in [0, 0.1) is 0 Å². The number of ether oxygens (including phenoxy) is 1. The molecule has 0 atom stereocenters. The van der Waals surface area contributed by atoms with Crippen LogP contribution in [0.5, 0.6) is 0 Å². The van der Waals surface area contributed by atoms with E-state index in [4.69, 9.17) is 32.9 Å². The Morgan fingerprint density at radius 2 is 1.91 bits per heavy atom. The maximum Gasteiger partial charge on any atom is 0.211 e. The van der Waals surface area contributed by atoms with Crippen molar-refractivity contribution >= 4 is 56.6 Å². The molecule has 2 aromatic heterocycles. The van der Waals surface area contributed by atoms with Crippen molar-refractivity contribution < 1.29 is 4.74 Å². The van der Waals surface area contributed by atoms with Crippen LogP contribution in [0.3, 0.4) is 0 Å². The van der Waals surface area contributed by atoms with E-state index < -0.39 is 0 Å². The lowest BCUT2D eigenvalue weighted by Crippen LogP contribution is -2.34. The van der Waals surface area contributed by atoms with Gasteiger partial charge in [-0.3, -0.25) is 4.79 Å². The molecule has 0 saturated carbocycles. The van der Waals surface area contributed by atoms with Gasteiger partial charge in [0.2, 0.25) is 5.43 Å². The molecule has 1 aliphatic rings. The number of rotatable bonds is 5. The number of hydrogen-bond donors (Lipinski definition) is 0. The lowest BCUT2D eigenvalue weighted by molar-refractivity contribution is -0.0386. The average molecular weight is 518 g/mol. The largest absolute Gasteiger partial charge is 0.370 e. The van der Waals surface area contributed by atoms with Gasteiger partial charge in [-0.1, -0.05) is 71.4 Å². The van der Waals surface area contributed by atoms with Gasteiger partial charge in [0.1, 0.15) is 10.3 Å². The Balaban J connectivity index is 1.59. The zero-order valence-corrected chi connectivity index (χ0v) is 21.4. The van der Waals surface area contributed by atoms with E-state index in [1.165, 1.54) is 0 Å². The summed E-state index contributed by atoms with van der Waals surface area (Å²) in [4.78, 5) is 20.2. The van der Waals surface area contributed by atoms with Gasteiger partial charge < -0.3 is 9.30 Å². The van der Waals surface area contributed by atoms with Crippen LogP contribution >= 0.6 is 46.3 Å². The first-order chi connectivity index (χ1) is 15.8. The van der Waals surface area contributed by atoms with Crippen LogP contribution in [0.2, 0.25) is 10.0 Å². The second-order valence-corrected chi connectivity index (χ2v) is 11.6. The van der Waals surface area contributed by atoms with Crippen LogP contribution in [0.15, 0.2) is 58.5 Å². The Morgan fingerprint density at radius 1 is 1.12 bits per heavy atom. The molecule has 0 radical (unpaired) electrons. The summed E-state index contributed by atoms with van der Waals surface area (Å²) in [6.07, 6.45) is 0.602. The lowest BCUT2D eigenvalue weighted by Gasteiger charge is -2.30. The van der Waals surface area contributed by atoms with E-state index in [-0.39, 0.29) is 11.0 Å². The Labute approximate surface area is 210 Å². The second kappa shape index (κ2) is 9.08. The number of fused-ring (bicyclic) bond motifs is 2. The summed E-state index contributed by atoms with van der Waals surface area (Å²) in [5, 5.41) is 1.89. The van der Waals surface area contributed by atoms with Crippen molar-refractivity contribution in [2.45, 2.75) is 49.9 Å². The third-order valence-electron chi connectivity index (χ3n) is 5.66. The molecule has 33 heavy (non-hydrogen) atoms. The standard InChI is InChI=1S/C25H22Cl2N2O2S2/c1-25(2)11-17-20(13-31-25)33-23-21(22(17)30)28-24(29(23)12-15-6-4-3-5-7-15)32-14-16-8-9-18(26)19(27)10-16/h3-10H,11-14H2,1-2H3. The molecule has 0 amide bonds. The lowest BCUT2D eigenvalue weighted by atomic mass is 9.96. The Hall–Kier alpha value is -1.83. The summed E-state index contributed by atoms with van der Waals surface area (Å²) in [6.45, 7) is 5.15. The molecule has 0 N–H and O–H groups in total. The zero-order valence-electron chi connectivity index (χ0n) is 18.2. The Bertz CT molecular complexity index is 1400. The molecule has 0 aliphatic carbocycles. The first-order valence-corrected chi connectivity index (χ1v) is 13.2. The van der Waals surface area contributed by atoms with Crippen molar-refractivity contribution in [3.63, 3.8) is 0 Å². The molecule has 0 unspecified atom stereocenters. The van der Waals surface area contributed by atoms with Crippen LogP contribution in [-0.4, -0.2) is 15.2 Å². The molecule has 1 aliphatic heterocycles. The van der Waals surface area contributed by atoms with Gasteiger partial charge in [0.05, 0.1) is 28.8 Å². The number of nitrogens with zero attached hydrogens (tertiary/aromatic N) is 2. The van der Waals surface area contributed by atoms with Crippen LogP contribution in [-0.2, 0) is 30.1 Å². The molecule has 170 valence electrons. The molecular formula is C25H22Cl2N2O2S2.